The first kappa shape index (κ1) is 15.5. The minimum absolute atomic E-state index is 0.993. The number of fused-ring (bicyclic) bond motifs is 2. The third kappa shape index (κ3) is 2.76. The number of furan rings is 1. The number of piperazine rings is 1. The Morgan fingerprint density at radius 2 is 1.77 bits per heavy atom. The van der Waals surface area contributed by atoms with Crippen LogP contribution in [0.1, 0.15) is 5.56 Å². The van der Waals surface area contributed by atoms with Crippen LogP contribution in [0.2, 0.25) is 0 Å². The molecule has 1 aliphatic heterocycles. The standard InChI is InChI=1S/C22H23N3O/c1-2-7-22-18(4-1)17(16-26-22)9-11-24-12-14-25(15-13-24)21-6-3-5-20-19(21)8-10-23-20/h1-8,10,16,23H,9,11-15H2. The van der Waals surface area contributed by atoms with Gasteiger partial charge in [0.05, 0.1) is 6.26 Å². The van der Waals surface area contributed by atoms with Gasteiger partial charge in [-0.3, -0.25) is 4.90 Å². The highest BCUT2D eigenvalue weighted by atomic mass is 16.3. The van der Waals surface area contributed by atoms with Crippen LogP contribution >= 0.6 is 0 Å². The summed E-state index contributed by atoms with van der Waals surface area (Å²) in [6.07, 6.45) is 5.00. The zero-order valence-corrected chi connectivity index (χ0v) is 14.8. The van der Waals surface area contributed by atoms with E-state index in [0.29, 0.717) is 0 Å². The first-order chi connectivity index (χ1) is 12.9. The fourth-order valence-corrected chi connectivity index (χ4v) is 4.06. The number of rotatable bonds is 4. The summed E-state index contributed by atoms with van der Waals surface area (Å²) < 4.78 is 5.67. The van der Waals surface area contributed by atoms with Crippen molar-refractivity contribution < 1.29 is 4.42 Å². The van der Waals surface area contributed by atoms with Crippen LogP contribution in [0.25, 0.3) is 21.9 Å². The van der Waals surface area contributed by atoms with Gasteiger partial charge in [0.25, 0.3) is 0 Å². The van der Waals surface area contributed by atoms with E-state index in [9.17, 15) is 0 Å². The van der Waals surface area contributed by atoms with Crippen LogP contribution in [0, 0.1) is 0 Å². The summed E-state index contributed by atoms with van der Waals surface area (Å²) in [4.78, 5) is 8.39. The summed E-state index contributed by atoms with van der Waals surface area (Å²) in [7, 11) is 0. The largest absolute Gasteiger partial charge is 0.464 e. The van der Waals surface area contributed by atoms with E-state index >= 15 is 0 Å². The summed E-state index contributed by atoms with van der Waals surface area (Å²) in [6.45, 7) is 5.46. The Morgan fingerprint density at radius 3 is 2.69 bits per heavy atom. The van der Waals surface area contributed by atoms with Gasteiger partial charge >= 0.3 is 0 Å². The number of aromatic amines is 1. The van der Waals surface area contributed by atoms with Crippen molar-refractivity contribution in [1.29, 1.82) is 0 Å². The molecule has 1 aliphatic rings. The van der Waals surface area contributed by atoms with Crippen molar-refractivity contribution in [3.05, 3.63) is 66.6 Å². The van der Waals surface area contributed by atoms with Crippen molar-refractivity contribution in [1.82, 2.24) is 9.88 Å². The molecule has 26 heavy (non-hydrogen) atoms. The van der Waals surface area contributed by atoms with Crippen molar-refractivity contribution >= 4 is 27.6 Å². The maximum absolute atomic E-state index is 5.67. The molecule has 0 spiro atoms. The van der Waals surface area contributed by atoms with E-state index in [2.05, 4.69) is 51.2 Å². The first-order valence-corrected chi connectivity index (χ1v) is 9.37. The molecule has 1 N–H and O–H groups in total. The lowest BCUT2D eigenvalue weighted by atomic mass is 10.1. The average molecular weight is 345 g/mol. The Bertz CT molecular complexity index is 1020. The minimum atomic E-state index is 0.993. The molecular formula is C22H23N3O. The maximum Gasteiger partial charge on any atom is 0.134 e. The number of para-hydroxylation sites is 1. The fraction of sp³-hybridized carbons (Fsp3) is 0.273. The number of anilines is 1. The lowest BCUT2D eigenvalue weighted by molar-refractivity contribution is 0.261. The molecule has 132 valence electrons. The van der Waals surface area contributed by atoms with Crippen LogP contribution in [-0.4, -0.2) is 42.6 Å². The summed E-state index contributed by atoms with van der Waals surface area (Å²) in [5, 5.41) is 2.58. The van der Waals surface area contributed by atoms with Gasteiger partial charge < -0.3 is 14.3 Å². The van der Waals surface area contributed by atoms with Crippen molar-refractivity contribution in [2.24, 2.45) is 0 Å². The quantitative estimate of drug-likeness (QED) is 0.600. The average Bonchev–Trinajstić information content (AvgIpc) is 3.33. The minimum Gasteiger partial charge on any atom is -0.464 e. The SMILES string of the molecule is c1cc(N2CCN(CCc3coc4ccccc34)CC2)c2cc[nH]c2c1. The molecule has 0 bridgehead atoms. The summed E-state index contributed by atoms with van der Waals surface area (Å²) in [5.41, 5.74) is 4.88. The highest BCUT2D eigenvalue weighted by molar-refractivity contribution is 5.92. The third-order valence-electron chi connectivity index (χ3n) is 5.54. The van der Waals surface area contributed by atoms with Crippen molar-refractivity contribution in [3.8, 4) is 0 Å². The molecule has 4 aromatic rings. The second-order valence-electron chi connectivity index (χ2n) is 7.05. The van der Waals surface area contributed by atoms with Gasteiger partial charge in [-0.25, -0.2) is 0 Å². The van der Waals surface area contributed by atoms with Crippen LogP contribution in [0.4, 0.5) is 5.69 Å². The van der Waals surface area contributed by atoms with Gasteiger partial charge in [-0.15, -0.1) is 0 Å². The number of hydrogen-bond donors (Lipinski definition) is 1. The first-order valence-electron chi connectivity index (χ1n) is 9.37. The van der Waals surface area contributed by atoms with E-state index in [-0.39, 0.29) is 0 Å². The Kier molecular flexibility index (Phi) is 3.91. The van der Waals surface area contributed by atoms with E-state index in [0.717, 1.165) is 44.7 Å². The zero-order valence-electron chi connectivity index (χ0n) is 14.8. The molecule has 0 amide bonds. The van der Waals surface area contributed by atoms with Gasteiger partial charge in [0.15, 0.2) is 0 Å². The van der Waals surface area contributed by atoms with Crippen LogP contribution in [0.15, 0.2) is 65.4 Å². The molecular weight excluding hydrogens is 322 g/mol. The van der Waals surface area contributed by atoms with Crippen LogP contribution in [0.5, 0.6) is 0 Å². The van der Waals surface area contributed by atoms with Gasteiger partial charge in [0.2, 0.25) is 0 Å². The number of benzene rings is 2. The van der Waals surface area contributed by atoms with Gasteiger partial charge in [0, 0.05) is 60.9 Å². The van der Waals surface area contributed by atoms with Crippen molar-refractivity contribution in [2.75, 3.05) is 37.6 Å². The van der Waals surface area contributed by atoms with E-state index in [1.54, 1.807) is 0 Å². The summed E-state index contributed by atoms with van der Waals surface area (Å²) in [5.74, 6) is 0. The van der Waals surface area contributed by atoms with Crippen LogP contribution < -0.4 is 4.90 Å². The van der Waals surface area contributed by atoms with Crippen molar-refractivity contribution in [3.63, 3.8) is 0 Å². The van der Waals surface area contributed by atoms with Crippen LogP contribution in [-0.2, 0) is 6.42 Å². The smallest absolute Gasteiger partial charge is 0.134 e. The van der Waals surface area contributed by atoms with Gasteiger partial charge in [0.1, 0.15) is 5.58 Å². The van der Waals surface area contributed by atoms with E-state index in [4.69, 9.17) is 4.42 Å². The van der Waals surface area contributed by atoms with Gasteiger partial charge in [-0.05, 0) is 36.2 Å². The Hall–Kier alpha value is -2.72. The molecule has 1 fully saturated rings. The molecule has 2 aromatic carbocycles. The molecule has 0 atom stereocenters. The predicted molar refractivity (Wildman–Crippen MR) is 107 cm³/mol. The predicted octanol–water partition coefficient (Wildman–Crippen LogP) is 4.28. The molecule has 3 heterocycles. The highest BCUT2D eigenvalue weighted by Gasteiger charge is 2.19. The third-order valence-corrected chi connectivity index (χ3v) is 5.54. The second-order valence-corrected chi connectivity index (χ2v) is 7.05. The van der Waals surface area contributed by atoms with E-state index < -0.39 is 0 Å². The molecule has 4 nitrogen and oxygen atoms in total. The monoisotopic (exact) mass is 345 g/mol. The lowest BCUT2D eigenvalue weighted by Crippen LogP contribution is -2.47. The molecule has 0 radical (unpaired) electrons. The molecule has 4 heteroatoms. The summed E-state index contributed by atoms with van der Waals surface area (Å²) in [6, 6.07) is 17.0. The molecule has 5 rings (SSSR count). The fourth-order valence-electron chi connectivity index (χ4n) is 4.06. The van der Waals surface area contributed by atoms with E-state index in [1.165, 1.54) is 27.5 Å². The number of nitrogens with one attached hydrogen (secondary N) is 1. The maximum atomic E-state index is 5.67. The lowest BCUT2D eigenvalue weighted by Gasteiger charge is -2.36. The Morgan fingerprint density at radius 1 is 0.885 bits per heavy atom. The molecule has 2 aromatic heterocycles. The Balaban J connectivity index is 1.23. The number of H-pyrrole nitrogens is 1. The topological polar surface area (TPSA) is 35.4 Å². The molecule has 1 saturated heterocycles. The zero-order chi connectivity index (χ0) is 17.3. The number of nitrogens with zero attached hydrogens (tertiary/aromatic N) is 2. The number of hydrogen-bond acceptors (Lipinski definition) is 3. The molecule has 0 saturated carbocycles. The normalized spacial score (nSPS) is 15.9. The van der Waals surface area contributed by atoms with Gasteiger partial charge in [-0.1, -0.05) is 24.3 Å². The summed E-state index contributed by atoms with van der Waals surface area (Å²) >= 11 is 0. The molecule has 0 aliphatic carbocycles. The van der Waals surface area contributed by atoms with Gasteiger partial charge in [-0.2, -0.15) is 0 Å². The molecule has 0 unspecified atom stereocenters. The van der Waals surface area contributed by atoms with E-state index in [1.807, 2.05) is 24.6 Å². The number of aromatic nitrogens is 1. The highest BCUT2D eigenvalue weighted by Crippen LogP contribution is 2.27. The van der Waals surface area contributed by atoms with Crippen molar-refractivity contribution in [2.45, 2.75) is 6.42 Å². The Labute approximate surface area is 153 Å². The second kappa shape index (κ2) is 6.54. The van der Waals surface area contributed by atoms with Crippen LogP contribution in [0.3, 0.4) is 0 Å².